The smallest absolute Gasteiger partial charge is 0.225 e. The van der Waals surface area contributed by atoms with Crippen molar-refractivity contribution in [2.45, 2.75) is 38.5 Å². The molecule has 0 saturated carbocycles. The Morgan fingerprint density at radius 3 is 2.46 bits per heavy atom. The van der Waals surface area contributed by atoms with E-state index in [4.69, 9.17) is 9.47 Å². The molecule has 37 heavy (non-hydrogen) atoms. The fraction of sp³-hybridized carbons (Fsp3) is 0.533. The zero-order valence-corrected chi connectivity index (χ0v) is 22.3. The van der Waals surface area contributed by atoms with E-state index in [1.165, 1.54) is 24.8 Å². The Hall–Kier alpha value is -3.06. The summed E-state index contributed by atoms with van der Waals surface area (Å²) in [6, 6.07) is 16.6. The summed E-state index contributed by atoms with van der Waals surface area (Å²) >= 11 is 0. The molecule has 1 N–H and O–H groups in total. The third-order valence-electron chi connectivity index (χ3n) is 7.73. The van der Waals surface area contributed by atoms with Gasteiger partial charge in [-0.25, -0.2) is 0 Å². The van der Waals surface area contributed by atoms with Crippen molar-refractivity contribution >= 4 is 11.8 Å². The summed E-state index contributed by atoms with van der Waals surface area (Å²) in [5, 5.41) is 3.07. The number of carbonyl (C=O) groups is 2. The van der Waals surface area contributed by atoms with Crippen LogP contribution in [0.2, 0.25) is 0 Å². The number of hydrogen-bond donors (Lipinski definition) is 1. The molecule has 200 valence electrons. The van der Waals surface area contributed by atoms with Gasteiger partial charge in [-0.15, -0.1) is 0 Å². The van der Waals surface area contributed by atoms with Crippen LogP contribution in [0.15, 0.2) is 48.5 Å². The van der Waals surface area contributed by atoms with E-state index in [-0.39, 0.29) is 17.7 Å². The molecule has 7 heteroatoms. The van der Waals surface area contributed by atoms with Crippen LogP contribution in [0.1, 0.15) is 36.8 Å². The van der Waals surface area contributed by atoms with Crippen molar-refractivity contribution in [3.8, 4) is 11.5 Å². The lowest BCUT2D eigenvalue weighted by atomic mass is 9.90. The summed E-state index contributed by atoms with van der Waals surface area (Å²) in [6.07, 6.45) is 5.61. The van der Waals surface area contributed by atoms with Gasteiger partial charge in [0.15, 0.2) is 11.5 Å². The molecule has 2 saturated heterocycles. The highest BCUT2D eigenvalue weighted by Gasteiger charge is 2.33. The molecule has 0 spiro atoms. The molecule has 2 aromatic carbocycles. The number of nitrogens with one attached hydrogen (secondary N) is 1. The number of nitrogens with zero attached hydrogens (tertiary/aromatic N) is 2. The van der Waals surface area contributed by atoms with E-state index in [0.29, 0.717) is 44.0 Å². The van der Waals surface area contributed by atoms with Gasteiger partial charge in [0.05, 0.1) is 20.1 Å². The molecule has 2 aliphatic rings. The highest BCUT2D eigenvalue weighted by Crippen LogP contribution is 2.28. The van der Waals surface area contributed by atoms with Crippen molar-refractivity contribution in [2.24, 2.45) is 11.8 Å². The predicted octanol–water partition coefficient (Wildman–Crippen LogP) is 3.56. The van der Waals surface area contributed by atoms with Crippen LogP contribution in [0.3, 0.4) is 0 Å². The quantitative estimate of drug-likeness (QED) is 0.445. The van der Waals surface area contributed by atoms with Gasteiger partial charge in [-0.1, -0.05) is 36.4 Å². The molecule has 0 aromatic heterocycles. The van der Waals surface area contributed by atoms with Gasteiger partial charge < -0.3 is 24.6 Å². The van der Waals surface area contributed by atoms with Gasteiger partial charge in [0.2, 0.25) is 11.8 Å². The third kappa shape index (κ3) is 7.71. The second-order valence-electron chi connectivity index (χ2n) is 10.3. The first-order valence-electron chi connectivity index (χ1n) is 13.6. The number of likely N-dealkylation sites (tertiary alicyclic amines) is 2. The lowest BCUT2D eigenvalue weighted by molar-refractivity contribution is -0.129. The molecule has 2 aliphatic heterocycles. The zero-order valence-electron chi connectivity index (χ0n) is 22.3. The minimum Gasteiger partial charge on any atom is -0.493 e. The summed E-state index contributed by atoms with van der Waals surface area (Å²) in [5.74, 6) is 1.94. The van der Waals surface area contributed by atoms with Gasteiger partial charge in [-0.3, -0.25) is 9.59 Å². The molecule has 0 bridgehead atoms. The topological polar surface area (TPSA) is 71.1 Å². The highest BCUT2D eigenvalue weighted by molar-refractivity contribution is 5.89. The van der Waals surface area contributed by atoms with Crippen molar-refractivity contribution in [3.05, 3.63) is 59.7 Å². The SMILES string of the molecule is COc1ccc(CCN2C[C@H](C(=O)NCCCN3CCC(Cc4ccccc4)CC3)CC2=O)cc1OC. The van der Waals surface area contributed by atoms with Crippen LogP contribution in [-0.2, 0) is 22.4 Å². The summed E-state index contributed by atoms with van der Waals surface area (Å²) in [5.41, 5.74) is 2.51. The standard InChI is InChI=1S/C30H41N3O4/c1-36-27-10-9-24(20-28(27)37-2)13-18-33-22-26(21-29(33)34)30(35)31-14-6-15-32-16-11-25(12-17-32)19-23-7-4-3-5-8-23/h3-5,7-10,20,25-26H,6,11-19,21-22H2,1-2H3,(H,31,35)/t26-/m1/s1. The number of rotatable bonds is 12. The number of ether oxygens (including phenoxy) is 2. The molecular weight excluding hydrogens is 466 g/mol. The van der Waals surface area contributed by atoms with Gasteiger partial charge in [-0.05, 0) is 80.9 Å². The zero-order chi connectivity index (χ0) is 26.0. The summed E-state index contributed by atoms with van der Waals surface area (Å²) in [4.78, 5) is 29.5. The first-order chi connectivity index (χ1) is 18.1. The number of hydrogen-bond acceptors (Lipinski definition) is 5. The Labute approximate surface area is 221 Å². The van der Waals surface area contributed by atoms with E-state index in [1.807, 2.05) is 18.2 Å². The van der Waals surface area contributed by atoms with Gasteiger partial charge in [0.25, 0.3) is 0 Å². The predicted molar refractivity (Wildman–Crippen MR) is 145 cm³/mol. The van der Waals surface area contributed by atoms with Crippen molar-refractivity contribution in [2.75, 3.05) is 53.5 Å². The van der Waals surface area contributed by atoms with Crippen LogP contribution in [0, 0.1) is 11.8 Å². The molecule has 1 atom stereocenters. The molecule has 0 unspecified atom stereocenters. The average Bonchev–Trinajstić information content (AvgIpc) is 3.31. The van der Waals surface area contributed by atoms with Crippen molar-refractivity contribution < 1.29 is 19.1 Å². The van der Waals surface area contributed by atoms with Crippen LogP contribution >= 0.6 is 0 Å². The Bertz CT molecular complexity index is 1020. The van der Waals surface area contributed by atoms with Gasteiger partial charge in [-0.2, -0.15) is 0 Å². The summed E-state index contributed by atoms with van der Waals surface area (Å²) in [7, 11) is 3.23. The Morgan fingerprint density at radius 2 is 1.73 bits per heavy atom. The fourth-order valence-corrected chi connectivity index (χ4v) is 5.48. The Kier molecular flexibility index (Phi) is 9.83. The lowest BCUT2D eigenvalue weighted by Crippen LogP contribution is -2.38. The van der Waals surface area contributed by atoms with E-state index in [9.17, 15) is 9.59 Å². The number of carbonyl (C=O) groups excluding carboxylic acids is 2. The van der Waals surface area contributed by atoms with E-state index in [2.05, 4.69) is 40.5 Å². The third-order valence-corrected chi connectivity index (χ3v) is 7.73. The second kappa shape index (κ2) is 13.5. The average molecular weight is 508 g/mol. The number of piperidine rings is 1. The minimum atomic E-state index is -0.258. The Balaban J connectivity index is 1.11. The van der Waals surface area contributed by atoms with E-state index in [0.717, 1.165) is 37.5 Å². The Morgan fingerprint density at radius 1 is 0.973 bits per heavy atom. The molecule has 0 aliphatic carbocycles. The first-order valence-corrected chi connectivity index (χ1v) is 13.6. The maximum absolute atomic E-state index is 12.7. The molecule has 2 aromatic rings. The van der Waals surface area contributed by atoms with Crippen LogP contribution in [-0.4, -0.2) is 75.1 Å². The molecule has 0 radical (unpaired) electrons. The normalized spacial score (nSPS) is 18.7. The highest BCUT2D eigenvalue weighted by atomic mass is 16.5. The van der Waals surface area contributed by atoms with Gasteiger partial charge in [0, 0.05) is 26.1 Å². The molecule has 2 amide bonds. The van der Waals surface area contributed by atoms with Crippen LogP contribution in [0.25, 0.3) is 0 Å². The monoisotopic (exact) mass is 507 g/mol. The van der Waals surface area contributed by atoms with Crippen molar-refractivity contribution in [3.63, 3.8) is 0 Å². The van der Waals surface area contributed by atoms with E-state index in [1.54, 1.807) is 19.1 Å². The number of benzene rings is 2. The summed E-state index contributed by atoms with van der Waals surface area (Å²) < 4.78 is 10.7. The van der Waals surface area contributed by atoms with Gasteiger partial charge in [0.1, 0.15) is 0 Å². The lowest BCUT2D eigenvalue weighted by Gasteiger charge is -2.32. The number of amides is 2. The van der Waals surface area contributed by atoms with Crippen LogP contribution < -0.4 is 14.8 Å². The molecule has 7 nitrogen and oxygen atoms in total. The van der Waals surface area contributed by atoms with E-state index >= 15 is 0 Å². The van der Waals surface area contributed by atoms with E-state index < -0.39 is 0 Å². The van der Waals surface area contributed by atoms with Gasteiger partial charge >= 0.3 is 0 Å². The number of methoxy groups -OCH3 is 2. The molecule has 4 rings (SSSR count). The maximum Gasteiger partial charge on any atom is 0.225 e. The first kappa shape index (κ1) is 27.0. The maximum atomic E-state index is 12.7. The van der Waals surface area contributed by atoms with Crippen molar-refractivity contribution in [1.82, 2.24) is 15.1 Å². The van der Waals surface area contributed by atoms with Crippen LogP contribution in [0.4, 0.5) is 0 Å². The minimum absolute atomic E-state index is 0.00327. The second-order valence-corrected chi connectivity index (χ2v) is 10.3. The fourth-order valence-electron chi connectivity index (χ4n) is 5.48. The van der Waals surface area contributed by atoms with Crippen molar-refractivity contribution in [1.29, 1.82) is 0 Å². The van der Waals surface area contributed by atoms with Crippen LogP contribution in [0.5, 0.6) is 11.5 Å². The molecule has 2 fully saturated rings. The summed E-state index contributed by atoms with van der Waals surface area (Å²) in [6.45, 7) is 5.04. The largest absolute Gasteiger partial charge is 0.493 e. The molecular formula is C30H41N3O4. The molecule has 2 heterocycles.